The molecule has 2 N–H and O–H groups in total. The number of benzene rings is 2. The molecule has 0 spiro atoms. The van der Waals surface area contributed by atoms with Crippen LogP contribution in [-0.4, -0.2) is 39.2 Å². The minimum absolute atomic E-state index is 0.122. The van der Waals surface area contributed by atoms with Crippen LogP contribution < -0.4 is 25.0 Å². The summed E-state index contributed by atoms with van der Waals surface area (Å²) < 4.78 is 10.5. The maximum atomic E-state index is 12.1. The maximum Gasteiger partial charge on any atom is 0.251 e. The maximum absolute atomic E-state index is 12.1. The van der Waals surface area contributed by atoms with Crippen LogP contribution in [0.4, 0.5) is 11.4 Å². The van der Waals surface area contributed by atoms with Gasteiger partial charge in [-0.15, -0.1) is 0 Å². The molecular formula is C18H19N3O4. The first-order chi connectivity index (χ1) is 12.0. The molecule has 25 heavy (non-hydrogen) atoms. The molecule has 7 heteroatoms. The molecular weight excluding hydrogens is 322 g/mol. The summed E-state index contributed by atoms with van der Waals surface area (Å²) in [5.74, 6) is 0.610. The summed E-state index contributed by atoms with van der Waals surface area (Å²) in [7, 11) is 3.85. The van der Waals surface area contributed by atoms with E-state index in [0.29, 0.717) is 22.7 Å². The van der Waals surface area contributed by atoms with Crippen LogP contribution in [0.25, 0.3) is 0 Å². The normalized spacial score (nSPS) is 11.8. The molecule has 3 rings (SSSR count). The fourth-order valence-electron chi connectivity index (χ4n) is 2.35. The second-order valence-corrected chi connectivity index (χ2v) is 5.74. The quantitative estimate of drug-likeness (QED) is 0.868. The van der Waals surface area contributed by atoms with E-state index in [0.717, 1.165) is 5.69 Å². The molecule has 1 heterocycles. The fourth-order valence-corrected chi connectivity index (χ4v) is 2.35. The number of fused-ring (bicyclic) bond motifs is 1. The van der Waals surface area contributed by atoms with E-state index in [4.69, 9.17) is 9.47 Å². The number of hydrogen-bond acceptors (Lipinski definition) is 5. The van der Waals surface area contributed by atoms with Crippen molar-refractivity contribution in [2.75, 3.05) is 37.6 Å². The number of carbonyl (C=O) groups is 2. The Morgan fingerprint density at radius 1 is 1.04 bits per heavy atom. The third-order valence-corrected chi connectivity index (χ3v) is 3.71. The van der Waals surface area contributed by atoms with Gasteiger partial charge in [-0.2, -0.15) is 0 Å². The van der Waals surface area contributed by atoms with Crippen LogP contribution in [0.5, 0.6) is 11.5 Å². The first-order valence-electron chi connectivity index (χ1n) is 7.78. The molecule has 1 aliphatic rings. The molecule has 0 fully saturated rings. The second-order valence-electron chi connectivity index (χ2n) is 5.74. The summed E-state index contributed by atoms with van der Waals surface area (Å²) in [6.45, 7) is 0.0537. The predicted molar refractivity (Wildman–Crippen MR) is 94.3 cm³/mol. The minimum Gasteiger partial charge on any atom is -0.454 e. The lowest BCUT2D eigenvalue weighted by molar-refractivity contribution is -0.115. The van der Waals surface area contributed by atoms with E-state index in [1.807, 2.05) is 31.1 Å². The Hall–Kier alpha value is -3.22. The zero-order valence-electron chi connectivity index (χ0n) is 14.0. The van der Waals surface area contributed by atoms with Crippen molar-refractivity contribution in [3.8, 4) is 11.5 Å². The van der Waals surface area contributed by atoms with Gasteiger partial charge in [-0.05, 0) is 36.4 Å². The van der Waals surface area contributed by atoms with Crippen molar-refractivity contribution in [1.82, 2.24) is 5.32 Å². The molecule has 0 saturated heterocycles. The third-order valence-electron chi connectivity index (χ3n) is 3.71. The Morgan fingerprint density at radius 2 is 1.76 bits per heavy atom. The minimum atomic E-state index is -0.322. The lowest BCUT2D eigenvalue weighted by Gasteiger charge is -2.12. The van der Waals surface area contributed by atoms with Crippen LogP contribution in [0.3, 0.4) is 0 Å². The smallest absolute Gasteiger partial charge is 0.251 e. The number of nitrogens with one attached hydrogen (secondary N) is 2. The molecule has 2 aromatic carbocycles. The van der Waals surface area contributed by atoms with E-state index in [2.05, 4.69) is 10.6 Å². The molecule has 0 bridgehead atoms. The molecule has 0 aromatic heterocycles. The van der Waals surface area contributed by atoms with E-state index in [1.165, 1.54) is 0 Å². The van der Waals surface area contributed by atoms with E-state index in [-0.39, 0.29) is 25.2 Å². The lowest BCUT2D eigenvalue weighted by Crippen LogP contribution is -2.32. The van der Waals surface area contributed by atoms with Crippen LogP contribution in [0, 0.1) is 0 Å². The van der Waals surface area contributed by atoms with Gasteiger partial charge >= 0.3 is 0 Å². The van der Waals surface area contributed by atoms with E-state index < -0.39 is 0 Å². The zero-order valence-corrected chi connectivity index (χ0v) is 14.0. The number of anilines is 2. The molecule has 0 radical (unpaired) electrons. The van der Waals surface area contributed by atoms with Crippen molar-refractivity contribution >= 4 is 23.2 Å². The molecule has 0 saturated carbocycles. The highest BCUT2D eigenvalue weighted by atomic mass is 16.7. The van der Waals surface area contributed by atoms with Gasteiger partial charge in [0, 0.05) is 37.1 Å². The van der Waals surface area contributed by atoms with Gasteiger partial charge in [0.05, 0.1) is 6.54 Å². The largest absolute Gasteiger partial charge is 0.454 e. The molecule has 2 amide bonds. The van der Waals surface area contributed by atoms with Crippen LogP contribution in [0.2, 0.25) is 0 Å². The molecule has 0 aliphatic carbocycles. The second kappa shape index (κ2) is 7.12. The summed E-state index contributed by atoms with van der Waals surface area (Å²) >= 11 is 0. The Balaban J connectivity index is 1.52. The van der Waals surface area contributed by atoms with E-state index >= 15 is 0 Å². The highest BCUT2D eigenvalue weighted by Gasteiger charge is 2.14. The first kappa shape index (κ1) is 16.6. The summed E-state index contributed by atoms with van der Waals surface area (Å²) in [6, 6.07) is 12.3. The van der Waals surface area contributed by atoms with Gasteiger partial charge in [-0.25, -0.2) is 0 Å². The third kappa shape index (κ3) is 4.00. The van der Waals surface area contributed by atoms with E-state index in [9.17, 15) is 9.59 Å². The monoisotopic (exact) mass is 341 g/mol. The Kier molecular flexibility index (Phi) is 4.74. The fraction of sp³-hybridized carbons (Fsp3) is 0.222. The number of carbonyl (C=O) groups excluding carboxylic acids is 2. The Labute approximate surface area is 145 Å². The number of amides is 2. The van der Waals surface area contributed by atoms with Gasteiger partial charge in [0.1, 0.15) is 0 Å². The number of nitrogens with zero attached hydrogens (tertiary/aromatic N) is 1. The molecule has 0 atom stereocenters. The van der Waals surface area contributed by atoms with Crippen molar-refractivity contribution in [2.24, 2.45) is 0 Å². The molecule has 2 aromatic rings. The van der Waals surface area contributed by atoms with Crippen LogP contribution in [-0.2, 0) is 4.79 Å². The Bertz CT molecular complexity index is 787. The van der Waals surface area contributed by atoms with Gasteiger partial charge in [0.2, 0.25) is 12.7 Å². The summed E-state index contributed by atoms with van der Waals surface area (Å²) in [4.78, 5) is 26.0. The molecule has 0 unspecified atom stereocenters. The number of rotatable bonds is 5. The Morgan fingerprint density at radius 3 is 2.48 bits per heavy atom. The van der Waals surface area contributed by atoms with Crippen molar-refractivity contribution in [3.63, 3.8) is 0 Å². The van der Waals surface area contributed by atoms with Crippen molar-refractivity contribution < 1.29 is 19.1 Å². The first-order valence-corrected chi connectivity index (χ1v) is 7.78. The summed E-state index contributed by atoms with van der Waals surface area (Å²) in [5.41, 5.74) is 2.08. The van der Waals surface area contributed by atoms with Crippen molar-refractivity contribution in [3.05, 3.63) is 48.0 Å². The van der Waals surface area contributed by atoms with Gasteiger partial charge in [-0.3, -0.25) is 9.59 Å². The summed E-state index contributed by atoms with van der Waals surface area (Å²) in [5, 5.41) is 5.31. The SMILES string of the molecule is CN(C)c1ccc(C(=O)NCC(=O)Nc2ccc3c(c2)OCO3)cc1. The highest BCUT2D eigenvalue weighted by Crippen LogP contribution is 2.34. The van der Waals surface area contributed by atoms with Crippen LogP contribution >= 0.6 is 0 Å². The van der Waals surface area contributed by atoms with Crippen molar-refractivity contribution in [2.45, 2.75) is 0 Å². The highest BCUT2D eigenvalue weighted by molar-refractivity contribution is 5.99. The topological polar surface area (TPSA) is 79.9 Å². The molecule has 130 valence electrons. The van der Waals surface area contributed by atoms with Crippen LogP contribution in [0.1, 0.15) is 10.4 Å². The number of ether oxygens (including phenoxy) is 2. The molecule has 1 aliphatic heterocycles. The van der Waals surface area contributed by atoms with Gasteiger partial charge in [0.15, 0.2) is 11.5 Å². The molecule has 7 nitrogen and oxygen atoms in total. The average molecular weight is 341 g/mol. The standard InChI is InChI=1S/C18H19N3O4/c1-21(2)14-6-3-12(4-7-14)18(23)19-10-17(22)20-13-5-8-15-16(9-13)25-11-24-15/h3-9H,10-11H2,1-2H3,(H,19,23)(H,20,22). The predicted octanol–water partition coefficient (Wildman–Crippen LogP) is 1.85. The zero-order chi connectivity index (χ0) is 17.8. The average Bonchev–Trinajstić information content (AvgIpc) is 3.07. The van der Waals surface area contributed by atoms with Crippen molar-refractivity contribution in [1.29, 1.82) is 0 Å². The number of hydrogen-bond donors (Lipinski definition) is 2. The summed E-state index contributed by atoms with van der Waals surface area (Å²) in [6.07, 6.45) is 0. The van der Waals surface area contributed by atoms with Crippen LogP contribution in [0.15, 0.2) is 42.5 Å². The van der Waals surface area contributed by atoms with Gasteiger partial charge < -0.3 is 25.0 Å². The van der Waals surface area contributed by atoms with Gasteiger partial charge in [-0.1, -0.05) is 0 Å². The van der Waals surface area contributed by atoms with Gasteiger partial charge in [0.25, 0.3) is 5.91 Å². The van der Waals surface area contributed by atoms with E-state index in [1.54, 1.807) is 30.3 Å². The lowest BCUT2D eigenvalue weighted by atomic mass is 10.2.